The number of piperazine rings is 1. The van der Waals surface area contributed by atoms with E-state index in [2.05, 4.69) is 0 Å². The average molecular weight is 369 g/mol. The van der Waals surface area contributed by atoms with Crippen molar-refractivity contribution in [2.45, 2.75) is 37.9 Å². The van der Waals surface area contributed by atoms with Gasteiger partial charge in [0.2, 0.25) is 11.8 Å². The van der Waals surface area contributed by atoms with Gasteiger partial charge in [-0.2, -0.15) is 0 Å². The van der Waals surface area contributed by atoms with Crippen LogP contribution in [0.4, 0.5) is 0 Å². The van der Waals surface area contributed by atoms with Crippen LogP contribution in [0.2, 0.25) is 5.02 Å². The summed E-state index contributed by atoms with van der Waals surface area (Å²) in [7, 11) is 0. The SMILES string of the molecule is O=C1[C@H](Cc2ccccc2)N(Cc2ccc(Cl)cc2)C(=O)CN1C1CC1. The molecule has 0 N–H and O–H groups in total. The summed E-state index contributed by atoms with van der Waals surface area (Å²) in [5, 5.41) is 0.663. The highest BCUT2D eigenvalue weighted by atomic mass is 35.5. The van der Waals surface area contributed by atoms with Crippen molar-refractivity contribution in [3.63, 3.8) is 0 Å². The molecule has 0 unspecified atom stereocenters. The molecule has 2 aliphatic rings. The Kier molecular flexibility index (Phi) is 4.68. The summed E-state index contributed by atoms with van der Waals surface area (Å²) in [6.07, 6.45) is 2.56. The minimum absolute atomic E-state index is 0.0207. The lowest BCUT2D eigenvalue weighted by atomic mass is 10.00. The molecule has 1 heterocycles. The van der Waals surface area contributed by atoms with Crippen LogP contribution >= 0.6 is 11.6 Å². The second-order valence-corrected chi connectivity index (χ2v) is 7.49. The molecule has 2 fully saturated rings. The predicted octanol–water partition coefficient (Wildman–Crippen LogP) is 3.28. The van der Waals surface area contributed by atoms with Gasteiger partial charge in [-0.3, -0.25) is 9.59 Å². The first kappa shape index (κ1) is 17.1. The molecule has 0 bridgehead atoms. The Morgan fingerprint density at radius 2 is 1.62 bits per heavy atom. The summed E-state index contributed by atoms with van der Waals surface area (Å²) in [5.41, 5.74) is 2.05. The van der Waals surface area contributed by atoms with Crippen molar-refractivity contribution in [2.24, 2.45) is 0 Å². The number of carbonyl (C=O) groups excluding carboxylic acids is 2. The maximum absolute atomic E-state index is 13.1. The van der Waals surface area contributed by atoms with E-state index < -0.39 is 6.04 Å². The van der Waals surface area contributed by atoms with Crippen molar-refractivity contribution in [1.82, 2.24) is 9.80 Å². The summed E-state index contributed by atoms with van der Waals surface area (Å²) >= 11 is 5.96. The van der Waals surface area contributed by atoms with E-state index in [9.17, 15) is 9.59 Å². The molecule has 134 valence electrons. The van der Waals surface area contributed by atoms with Gasteiger partial charge in [-0.25, -0.2) is 0 Å². The van der Waals surface area contributed by atoms with E-state index in [-0.39, 0.29) is 24.4 Å². The van der Waals surface area contributed by atoms with Crippen LogP contribution in [-0.2, 0) is 22.6 Å². The number of hydrogen-bond donors (Lipinski definition) is 0. The summed E-state index contributed by atoms with van der Waals surface area (Å²) in [6, 6.07) is 17.2. The molecule has 1 atom stereocenters. The van der Waals surface area contributed by atoms with Crippen molar-refractivity contribution in [3.05, 3.63) is 70.7 Å². The zero-order valence-corrected chi connectivity index (χ0v) is 15.2. The van der Waals surface area contributed by atoms with Crippen LogP contribution in [0.1, 0.15) is 24.0 Å². The Hall–Kier alpha value is -2.33. The number of hydrogen-bond acceptors (Lipinski definition) is 2. The molecule has 2 amide bonds. The quantitative estimate of drug-likeness (QED) is 0.812. The van der Waals surface area contributed by atoms with Crippen LogP contribution in [0.5, 0.6) is 0 Å². The van der Waals surface area contributed by atoms with Gasteiger partial charge in [0.05, 0.1) is 0 Å². The van der Waals surface area contributed by atoms with Crippen molar-refractivity contribution in [1.29, 1.82) is 0 Å². The lowest BCUT2D eigenvalue weighted by molar-refractivity contribution is -0.157. The second kappa shape index (κ2) is 7.12. The van der Waals surface area contributed by atoms with E-state index in [0.29, 0.717) is 18.0 Å². The third-order valence-corrected chi connectivity index (χ3v) is 5.35. The van der Waals surface area contributed by atoms with Crippen LogP contribution < -0.4 is 0 Å². The Bertz CT molecular complexity index is 803. The van der Waals surface area contributed by atoms with Gasteiger partial charge >= 0.3 is 0 Å². The molecule has 1 aliphatic carbocycles. The lowest BCUT2D eigenvalue weighted by Crippen LogP contribution is -2.60. The van der Waals surface area contributed by atoms with E-state index in [1.165, 1.54) is 0 Å². The monoisotopic (exact) mass is 368 g/mol. The molecule has 4 rings (SSSR count). The molecule has 0 aromatic heterocycles. The summed E-state index contributed by atoms with van der Waals surface area (Å²) < 4.78 is 0. The molecule has 5 heteroatoms. The molecule has 1 aliphatic heterocycles. The van der Waals surface area contributed by atoms with Crippen LogP contribution in [0.3, 0.4) is 0 Å². The third kappa shape index (κ3) is 3.61. The number of halogens is 1. The number of amides is 2. The van der Waals surface area contributed by atoms with E-state index in [0.717, 1.165) is 24.0 Å². The Morgan fingerprint density at radius 3 is 2.27 bits per heavy atom. The zero-order chi connectivity index (χ0) is 18.1. The Morgan fingerprint density at radius 1 is 0.923 bits per heavy atom. The Labute approximate surface area is 158 Å². The highest BCUT2D eigenvalue weighted by Gasteiger charge is 2.44. The molecule has 1 saturated heterocycles. The minimum atomic E-state index is -0.449. The summed E-state index contributed by atoms with van der Waals surface area (Å²) in [5.74, 6) is 0.0947. The molecule has 0 radical (unpaired) electrons. The van der Waals surface area contributed by atoms with E-state index in [1.807, 2.05) is 54.6 Å². The zero-order valence-electron chi connectivity index (χ0n) is 14.5. The second-order valence-electron chi connectivity index (χ2n) is 7.05. The fraction of sp³-hybridized carbons (Fsp3) is 0.333. The maximum atomic E-state index is 13.1. The van der Waals surface area contributed by atoms with Crippen molar-refractivity contribution in [2.75, 3.05) is 6.54 Å². The van der Waals surface area contributed by atoms with Gasteiger partial charge in [-0.05, 0) is 36.1 Å². The minimum Gasteiger partial charge on any atom is -0.329 e. The fourth-order valence-electron chi connectivity index (χ4n) is 3.53. The van der Waals surface area contributed by atoms with Gasteiger partial charge in [0.25, 0.3) is 0 Å². The first-order valence-corrected chi connectivity index (χ1v) is 9.38. The highest BCUT2D eigenvalue weighted by Crippen LogP contribution is 2.31. The predicted molar refractivity (Wildman–Crippen MR) is 101 cm³/mol. The van der Waals surface area contributed by atoms with E-state index in [4.69, 9.17) is 11.6 Å². The fourth-order valence-corrected chi connectivity index (χ4v) is 3.65. The van der Waals surface area contributed by atoms with Crippen molar-refractivity contribution < 1.29 is 9.59 Å². The number of benzene rings is 2. The topological polar surface area (TPSA) is 40.6 Å². The van der Waals surface area contributed by atoms with E-state index in [1.54, 1.807) is 9.80 Å². The third-order valence-electron chi connectivity index (χ3n) is 5.10. The molecular formula is C21H21ClN2O2. The van der Waals surface area contributed by atoms with Crippen LogP contribution in [0.25, 0.3) is 0 Å². The van der Waals surface area contributed by atoms with Crippen LogP contribution in [0, 0.1) is 0 Å². The molecule has 2 aromatic rings. The van der Waals surface area contributed by atoms with Gasteiger partial charge in [-0.15, -0.1) is 0 Å². The highest BCUT2D eigenvalue weighted by molar-refractivity contribution is 6.30. The molecule has 2 aromatic carbocycles. The number of nitrogens with zero attached hydrogens (tertiary/aromatic N) is 2. The molecule has 0 spiro atoms. The average Bonchev–Trinajstić information content (AvgIpc) is 3.48. The van der Waals surface area contributed by atoms with Gasteiger partial charge in [0.1, 0.15) is 12.6 Å². The van der Waals surface area contributed by atoms with Crippen molar-refractivity contribution in [3.8, 4) is 0 Å². The normalized spacial score (nSPS) is 20.6. The van der Waals surface area contributed by atoms with Crippen molar-refractivity contribution >= 4 is 23.4 Å². The summed E-state index contributed by atoms with van der Waals surface area (Å²) in [4.78, 5) is 29.5. The maximum Gasteiger partial charge on any atom is 0.246 e. The summed E-state index contributed by atoms with van der Waals surface area (Å²) in [6.45, 7) is 0.625. The number of carbonyl (C=O) groups is 2. The standard InChI is InChI=1S/C21H21ClN2O2/c22-17-8-6-16(7-9-17)13-24-19(12-15-4-2-1-3-5-15)21(26)23(14-20(24)25)18-10-11-18/h1-9,18-19H,10-14H2/t19-/m0/s1. The first-order chi connectivity index (χ1) is 12.6. The van der Waals surface area contributed by atoms with Gasteiger partial charge in [0, 0.05) is 24.0 Å². The van der Waals surface area contributed by atoms with E-state index >= 15 is 0 Å². The molecule has 26 heavy (non-hydrogen) atoms. The molecular weight excluding hydrogens is 348 g/mol. The smallest absolute Gasteiger partial charge is 0.246 e. The van der Waals surface area contributed by atoms with Crippen LogP contribution in [0.15, 0.2) is 54.6 Å². The lowest BCUT2D eigenvalue weighted by Gasteiger charge is -2.40. The van der Waals surface area contributed by atoms with Gasteiger partial charge < -0.3 is 9.80 Å². The molecule has 4 nitrogen and oxygen atoms in total. The first-order valence-electron chi connectivity index (χ1n) is 9.00. The molecule has 1 saturated carbocycles. The van der Waals surface area contributed by atoms with Gasteiger partial charge in [-0.1, -0.05) is 54.1 Å². The Balaban J connectivity index is 1.60. The number of rotatable bonds is 5. The largest absolute Gasteiger partial charge is 0.329 e. The van der Waals surface area contributed by atoms with Crippen LogP contribution in [-0.4, -0.2) is 40.2 Å². The van der Waals surface area contributed by atoms with Gasteiger partial charge in [0.15, 0.2) is 0 Å².